The fraction of sp³-hybridized carbons (Fsp3) is 0.444. The predicted molar refractivity (Wildman–Crippen MR) is 82.5 cm³/mol. The van der Waals surface area contributed by atoms with Crippen LogP contribution in [0.3, 0.4) is 0 Å². The number of carbonyl (C=O) groups excluding carboxylic acids is 2. The highest BCUT2D eigenvalue weighted by Crippen LogP contribution is 2.52. The highest BCUT2D eigenvalue weighted by molar-refractivity contribution is 6.24. The standard InChI is InChI=1S/C18H19NO3/c1-9-7-10(2)15(11(3)8-9)19-16(20)13-12-5-6-18(4,22-12)14(13)17(19)21/h5-8,12-14H,1-4H3/t12-,13-,14-,18-/m0/s1. The van der Waals surface area contributed by atoms with E-state index in [-0.39, 0.29) is 23.8 Å². The van der Waals surface area contributed by atoms with Gasteiger partial charge >= 0.3 is 0 Å². The third kappa shape index (κ3) is 1.51. The molecule has 4 atom stereocenters. The van der Waals surface area contributed by atoms with Crippen molar-refractivity contribution in [3.05, 3.63) is 41.0 Å². The minimum Gasteiger partial charge on any atom is -0.362 e. The maximum absolute atomic E-state index is 13.0. The van der Waals surface area contributed by atoms with Crippen LogP contribution in [0.2, 0.25) is 0 Å². The highest BCUT2D eigenvalue weighted by Gasteiger charge is 2.66. The summed E-state index contributed by atoms with van der Waals surface area (Å²) in [6, 6.07) is 4.03. The number of rotatable bonds is 1. The maximum Gasteiger partial charge on any atom is 0.241 e. The molecule has 0 aliphatic carbocycles. The number of imide groups is 1. The molecule has 3 aliphatic heterocycles. The van der Waals surface area contributed by atoms with Gasteiger partial charge in [-0.3, -0.25) is 9.59 Å². The van der Waals surface area contributed by atoms with Crippen LogP contribution in [0.4, 0.5) is 5.69 Å². The molecular weight excluding hydrogens is 278 g/mol. The van der Waals surface area contributed by atoms with Crippen molar-refractivity contribution in [2.24, 2.45) is 11.8 Å². The summed E-state index contributed by atoms with van der Waals surface area (Å²) in [5.41, 5.74) is 3.17. The normalized spacial score (nSPS) is 35.6. The first-order valence-corrected chi connectivity index (χ1v) is 7.66. The molecule has 3 heterocycles. The number of amides is 2. The Balaban J connectivity index is 1.84. The zero-order chi connectivity index (χ0) is 15.8. The number of anilines is 1. The largest absolute Gasteiger partial charge is 0.362 e. The average molecular weight is 297 g/mol. The molecular formula is C18H19NO3. The van der Waals surface area contributed by atoms with Crippen LogP contribution in [0, 0.1) is 32.6 Å². The summed E-state index contributed by atoms with van der Waals surface area (Å²) in [6.07, 6.45) is 3.59. The molecule has 0 spiro atoms. The van der Waals surface area contributed by atoms with Gasteiger partial charge < -0.3 is 4.74 Å². The Bertz CT molecular complexity index is 728. The van der Waals surface area contributed by atoms with E-state index in [0.29, 0.717) is 0 Å². The average Bonchev–Trinajstić information content (AvgIpc) is 3.01. The van der Waals surface area contributed by atoms with Gasteiger partial charge in [-0.25, -0.2) is 4.90 Å². The lowest BCUT2D eigenvalue weighted by Gasteiger charge is -2.25. The summed E-state index contributed by atoms with van der Waals surface area (Å²) in [6.45, 7) is 7.83. The van der Waals surface area contributed by atoms with Gasteiger partial charge in [-0.1, -0.05) is 29.8 Å². The number of carbonyl (C=O) groups is 2. The van der Waals surface area contributed by atoms with Crippen LogP contribution in [0.5, 0.6) is 0 Å². The van der Waals surface area contributed by atoms with Crippen molar-refractivity contribution >= 4 is 17.5 Å². The lowest BCUT2D eigenvalue weighted by molar-refractivity contribution is -0.126. The zero-order valence-electron chi connectivity index (χ0n) is 13.2. The fourth-order valence-electron chi connectivity index (χ4n) is 4.40. The molecule has 2 bridgehead atoms. The molecule has 2 amide bonds. The molecule has 0 unspecified atom stereocenters. The second-order valence-electron chi connectivity index (χ2n) is 6.89. The Morgan fingerprint density at radius 3 is 2.32 bits per heavy atom. The first kappa shape index (κ1) is 13.7. The lowest BCUT2D eigenvalue weighted by Crippen LogP contribution is -2.39. The number of nitrogens with zero attached hydrogens (tertiary/aromatic N) is 1. The van der Waals surface area contributed by atoms with E-state index >= 15 is 0 Å². The molecule has 4 rings (SSSR count). The summed E-state index contributed by atoms with van der Waals surface area (Å²) in [5.74, 6) is -1.01. The van der Waals surface area contributed by atoms with Crippen LogP contribution in [0.25, 0.3) is 0 Å². The molecule has 3 aliphatic rings. The van der Waals surface area contributed by atoms with Crippen molar-refractivity contribution in [2.75, 3.05) is 4.90 Å². The van der Waals surface area contributed by atoms with Crippen LogP contribution < -0.4 is 4.90 Å². The Kier molecular flexibility index (Phi) is 2.54. The monoisotopic (exact) mass is 297 g/mol. The van der Waals surface area contributed by atoms with E-state index in [1.807, 2.05) is 52.0 Å². The number of ether oxygens (including phenoxy) is 1. The Labute approximate surface area is 129 Å². The van der Waals surface area contributed by atoms with Crippen molar-refractivity contribution in [3.63, 3.8) is 0 Å². The summed E-state index contributed by atoms with van der Waals surface area (Å²) >= 11 is 0. The SMILES string of the molecule is Cc1cc(C)c(N2C(=O)[C@H]3[C@@H]4C=C[C@](C)(O4)[C@@H]3C2=O)c(C)c1. The number of aryl methyl sites for hydroxylation is 3. The van der Waals surface area contributed by atoms with Gasteiger partial charge in [0.1, 0.15) is 0 Å². The highest BCUT2D eigenvalue weighted by atomic mass is 16.5. The molecule has 2 fully saturated rings. The van der Waals surface area contributed by atoms with E-state index in [2.05, 4.69) is 0 Å². The van der Waals surface area contributed by atoms with Gasteiger partial charge in [0.25, 0.3) is 0 Å². The van der Waals surface area contributed by atoms with Gasteiger partial charge in [0.2, 0.25) is 11.8 Å². The van der Waals surface area contributed by atoms with Gasteiger partial charge in [0.15, 0.2) is 0 Å². The second kappa shape index (κ2) is 4.07. The maximum atomic E-state index is 13.0. The number of hydrogen-bond donors (Lipinski definition) is 0. The van der Waals surface area contributed by atoms with Gasteiger partial charge in [-0.05, 0) is 38.8 Å². The molecule has 0 saturated carbocycles. The van der Waals surface area contributed by atoms with Gasteiger partial charge in [0.05, 0.1) is 29.2 Å². The van der Waals surface area contributed by atoms with Crippen LogP contribution in [0.15, 0.2) is 24.3 Å². The van der Waals surface area contributed by atoms with Crippen LogP contribution in [0.1, 0.15) is 23.6 Å². The summed E-state index contributed by atoms with van der Waals surface area (Å²) in [5, 5.41) is 0. The van der Waals surface area contributed by atoms with Crippen molar-refractivity contribution < 1.29 is 14.3 Å². The Morgan fingerprint density at radius 1 is 1.09 bits per heavy atom. The smallest absolute Gasteiger partial charge is 0.241 e. The number of hydrogen-bond acceptors (Lipinski definition) is 3. The molecule has 4 nitrogen and oxygen atoms in total. The van der Waals surface area contributed by atoms with E-state index in [4.69, 9.17) is 4.74 Å². The van der Waals surface area contributed by atoms with Crippen molar-refractivity contribution in [1.82, 2.24) is 0 Å². The summed E-state index contributed by atoms with van der Waals surface area (Å²) in [4.78, 5) is 27.3. The van der Waals surface area contributed by atoms with E-state index < -0.39 is 11.5 Å². The first-order chi connectivity index (χ1) is 10.3. The van der Waals surface area contributed by atoms with Crippen LogP contribution in [-0.4, -0.2) is 23.5 Å². The Morgan fingerprint density at radius 2 is 1.73 bits per heavy atom. The van der Waals surface area contributed by atoms with E-state index in [0.717, 1.165) is 22.4 Å². The molecule has 1 aromatic rings. The third-order valence-corrected chi connectivity index (χ3v) is 5.19. The van der Waals surface area contributed by atoms with E-state index in [1.54, 1.807) is 0 Å². The van der Waals surface area contributed by atoms with Gasteiger partial charge in [0, 0.05) is 0 Å². The van der Waals surface area contributed by atoms with Crippen LogP contribution >= 0.6 is 0 Å². The Hall–Kier alpha value is -1.94. The molecule has 2 saturated heterocycles. The van der Waals surface area contributed by atoms with E-state index in [9.17, 15) is 9.59 Å². The summed E-state index contributed by atoms with van der Waals surface area (Å²) < 4.78 is 5.85. The molecule has 22 heavy (non-hydrogen) atoms. The predicted octanol–water partition coefficient (Wildman–Crippen LogP) is 2.44. The molecule has 1 aromatic carbocycles. The molecule has 0 radical (unpaired) electrons. The third-order valence-electron chi connectivity index (χ3n) is 5.19. The number of benzene rings is 1. The minimum absolute atomic E-state index is 0.122. The quantitative estimate of drug-likeness (QED) is 0.591. The molecule has 114 valence electrons. The van der Waals surface area contributed by atoms with Gasteiger partial charge in [-0.2, -0.15) is 0 Å². The number of fused-ring (bicyclic) bond motifs is 5. The molecule has 4 heteroatoms. The lowest BCUT2D eigenvalue weighted by atomic mass is 9.78. The van der Waals surface area contributed by atoms with E-state index in [1.165, 1.54) is 4.90 Å². The molecule has 0 N–H and O–H groups in total. The second-order valence-corrected chi connectivity index (χ2v) is 6.89. The van der Waals surface area contributed by atoms with Crippen molar-refractivity contribution in [1.29, 1.82) is 0 Å². The molecule has 0 aromatic heterocycles. The van der Waals surface area contributed by atoms with Crippen molar-refractivity contribution in [3.8, 4) is 0 Å². The summed E-state index contributed by atoms with van der Waals surface area (Å²) in [7, 11) is 0. The topological polar surface area (TPSA) is 46.6 Å². The first-order valence-electron chi connectivity index (χ1n) is 7.66. The van der Waals surface area contributed by atoms with Crippen LogP contribution in [-0.2, 0) is 14.3 Å². The zero-order valence-corrected chi connectivity index (χ0v) is 13.2. The van der Waals surface area contributed by atoms with Gasteiger partial charge in [-0.15, -0.1) is 0 Å². The minimum atomic E-state index is -0.636. The van der Waals surface area contributed by atoms with Crippen molar-refractivity contribution in [2.45, 2.75) is 39.4 Å². The fourth-order valence-corrected chi connectivity index (χ4v) is 4.40.